The largest absolute Gasteiger partial charge is 0.481 e. The van der Waals surface area contributed by atoms with E-state index in [2.05, 4.69) is 10.6 Å². The van der Waals surface area contributed by atoms with Gasteiger partial charge < -0.3 is 25.2 Å². The van der Waals surface area contributed by atoms with Crippen LogP contribution >= 0.6 is 0 Å². The molecule has 0 radical (unpaired) electrons. The summed E-state index contributed by atoms with van der Waals surface area (Å²) in [6.07, 6.45) is 3.29. The third kappa shape index (κ3) is 6.33. The van der Waals surface area contributed by atoms with Crippen LogP contribution in [-0.4, -0.2) is 42.8 Å². The number of ether oxygens (including phenoxy) is 2. The van der Waals surface area contributed by atoms with Gasteiger partial charge in [-0.1, -0.05) is 12.8 Å². The van der Waals surface area contributed by atoms with Gasteiger partial charge in [-0.15, -0.1) is 0 Å². The first-order chi connectivity index (χ1) is 12.1. The Bertz CT molecular complexity index is 632. The minimum absolute atomic E-state index is 0.105. The zero-order chi connectivity index (χ0) is 18.1. The van der Waals surface area contributed by atoms with Gasteiger partial charge in [0.25, 0.3) is 5.91 Å². The van der Waals surface area contributed by atoms with E-state index < -0.39 is 5.97 Å². The van der Waals surface area contributed by atoms with Gasteiger partial charge in [0.2, 0.25) is 12.7 Å². The molecule has 2 rings (SSSR count). The lowest BCUT2D eigenvalue weighted by atomic mass is 10.1. The Balaban J connectivity index is 1.58. The summed E-state index contributed by atoms with van der Waals surface area (Å²) in [4.78, 5) is 34.1. The van der Waals surface area contributed by atoms with Crippen molar-refractivity contribution in [1.82, 2.24) is 10.6 Å². The lowest BCUT2D eigenvalue weighted by Gasteiger charge is -2.07. The van der Waals surface area contributed by atoms with Gasteiger partial charge in [-0.2, -0.15) is 0 Å². The minimum atomic E-state index is -0.786. The van der Waals surface area contributed by atoms with Gasteiger partial charge in [0.1, 0.15) is 0 Å². The van der Waals surface area contributed by atoms with Crippen molar-refractivity contribution in [3.05, 3.63) is 23.8 Å². The van der Waals surface area contributed by atoms with Crippen molar-refractivity contribution in [2.24, 2.45) is 0 Å². The molecule has 0 bridgehead atoms. The number of aliphatic carboxylic acids is 1. The van der Waals surface area contributed by atoms with E-state index in [0.717, 1.165) is 19.3 Å². The molecule has 3 N–H and O–H groups in total. The van der Waals surface area contributed by atoms with Crippen LogP contribution in [0.15, 0.2) is 18.2 Å². The molecule has 1 aromatic carbocycles. The Morgan fingerprint density at radius 3 is 2.56 bits per heavy atom. The number of fused-ring (bicyclic) bond motifs is 1. The Morgan fingerprint density at radius 2 is 1.76 bits per heavy atom. The van der Waals surface area contributed by atoms with E-state index in [9.17, 15) is 14.4 Å². The normalized spacial score (nSPS) is 11.8. The first-order valence-electron chi connectivity index (χ1n) is 8.22. The fourth-order valence-corrected chi connectivity index (χ4v) is 2.35. The summed E-state index contributed by atoms with van der Waals surface area (Å²) in [5.74, 6) is -0.300. The van der Waals surface area contributed by atoms with E-state index in [4.69, 9.17) is 14.6 Å². The lowest BCUT2D eigenvalue weighted by molar-refractivity contribution is -0.137. The number of nitrogens with one attached hydrogen (secondary N) is 2. The van der Waals surface area contributed by atoms with Gasteiger partial charge in [-0.25, -0.2) is 0 Å². The zero-order valence-corrected chi connectivity index (χ0v) is 13.9. The molecule has 0 aromatic heterocycles. The summed E-state index contributed by atoms with van der Waals surface area (Å²) in [6.45, 7) is 0.539. The molecule has 1 aliphatic rings. The van der Waals surface area contributed by atoms with Gasteiger partial charge in [-0.05, 0) is 31.0 Å². The van der Waals surface area contributed by atoms with Crippen molar-refractivity contribution in [3.8, 4) is 11.5 Å². The standard InChI is InChI=1S/C17H22N2O6/c20-15(18-8-4-2-1-3-5-16(21)22)10-19-17(23)12-6-7-13-14(9-12)25-11-24-13/h6-7,9H,1-5,8,10-11H2,(H,18,20)(H,19,23)(H,21,22). The summed E-state index contributed by atoms with van der Waals surface area (Å²) >= 11 is 0. The maximum absolute atomic E-state index is 12.0. The number of rotatable bonds is 10. The van der Waals surface area contributed by atoms with Crippen LogP contribution in [0.4, 0.5) is 0 Å². The van der Waals surface area contributed by atoms with E-state index in [1.807, 2.05) is 0 Å². The van der Waals surface area contributed by atoms with Gasteiger partial charge in [0.15, 0.2) is 11.5 Å². The summed E-state index contributed by atoms with van der Waals surface area (Å²) in [7, 11) is 0. The molecular weight excluding hydrogens is 328 g/mol. The molecule has 0 atom stereocenters. The Hall–Kier alpha value is -2.77. The highest BCUT2D eigenvalue weighted by atomic mass is 16.7. The summed E-state index contributed by atoms with van der Waals surface area (Å²) in [5.41, 5.74) is 0.399. The van der Waals surface area contributed by atoms with Crippen molar-refractivity contribution in [2.45, 2.75) is 32.1 Å². The molecule has 1 aromatic rings. The summed E-state index contributed by atoms with van der Waals surface area (Å²) < 4.78 is 10.4. The third-order valence-corrected chi connectivity index (χ3v) is 3.68. The first-order valence-corrected chi connectivity index (χ1v) is 8.22. The Labute approximate surface area is 145 Å². The highest BCUT2D eigenvalue weighted by Crippen LogP contribution is 2.32. The second-order valence-corrected chi connectivity index (χ2v) is 5.66. The maximum Gasteiger partial charge on any atom is 0.303 e. The second-order valence-electron chi connectivity index (χ2n) is 5.66. The molecule has 8 heteroatoms. The average molecular weight is 350 g/mol. The fraction of sp³-hybridized carbons (Fsp3) is 0.471. The molecule has 0 saturated heterocycles. The number of carboxylic acids is 1. The van der Waals surface area contributed by atoms with Crippen LogP contribution < -0.4 is 20.1 Å². The van der Waals surface area contributed by atoms with E-state index in [1.54, 1.807) is 18.2 Å². The maximum atomic E-state index is 12.0. The SMILES string of the molecule is O=C(O)CCCCCCNC(=O)CNC(=O)c1ccc2c(c1)OCO2. The molecule has 0 spiro atoms. The molecular formula is C17H22N2O6. The van der Waals surface area contributed by atoms with Gasteiger partial charge in [-0.3, -0.25) is 14.4 Å². The van der Waals surface area contributed by atoms with Crippen LogP contribution in [0, 0.1) is 0 Å². The van der Waals surface area contributed by atoms with Crippen LogP contribution in [0.25, 0.3) is 0 Å². The van der Waals surface area contributed by atoms with E-state index >= 15 is 0 Å². The quantitative estimate of drug-likeness (QED) is 0.548. The van der Waals surface area contributed by atoms with Crippen molar-refractivity contribution in [1.29, 1.82) is 0 Å². The topological polar surface area (TPSA) is 114 Å². The van der Waals surface area contributed by atoms with Crippen LogP contribution in [-0.2, 0) is 9.59 Å². The minimum Gasteiger partial charge on any atom is -0.481 e. The van der Waals surface area contributed by atoms with Gasteiger partial charge in [0, 0.05) is 18.5 Å². The lowest BCUT2D eigenvalue weighted by Crippen LogP contribution is -2.37. The van der Waals surface area contributed by atoms with Gasteiger partial charge in [0.05, 0.1) is 6.54 Å². The Kier molecular flexibility index (Phi) is 7.06. The zero-order valence-electron chi connectivity index (χ0n) is 13.9. The molecule has 1 heterocycles. The van der Waals surface area contributed by atoms with Crippen molar-refractivity contribution >= 4 is 17.8 Å². The van der Waals surface area contributed by atoms with E-state index in [-0.39, 0.29) is 31.6 Å². The number of carbonyl (C=O) groups excluding carboxylic acids is 2. The molecule has 0 aliphatic carbocycles. The average Bonchev–Trinajstić information content (AvgIpc) is 3.06. The third-order valence-electron chi connectivity index (χ3n) is 3.68. The van der Waals surface area contributed by atoms with E-state index in [0.29, 0.717) is 30.0 Å². The van der Waals surface area contributed by atoms with Crippen LogP contribution in [0.2, 0.25) is 0 Å². The number of unbranched alkanes of at least 4 members (excludes halogenated alkanes) is 3. The monoisotopic (exact) mass is 350 g/mol. The summed E-state index contributed by atoms with van der Waals surface area (Å²) in [6, 6.07) is 4.84. The number of hydrogen-bond donors (Lipinski definition) is 3. The van der Waals surface area contributed by atoms with Crippen LogP contribution in [0.1, 0.15) is 42.5 Å². The van der Waals surface area contributed by atoms with Crippen LogP contribution in [0.3, 0.4) is 0 Å². The fourth-order valence-electron chi connectivity index (χ4n) is 2.35. The van der Waals surface area contributed by atoms with Gasteiger partial charge >= 0.3 is 5.97 Å². The molecule has 0 fully saturated rings. The smallest absolute Gasteiger partial charge is 0.303 e. The number of carbonyl (C=O) groups is 3. The molecule has 25 heavy (non-hydrogen) atoms. The van der Waals surface area contributed by atoms with E-state index in [1.165, 1.54) is 0 Å². The molecule has 0 unspecified atom stereocenters. The first kappa shape index (κ1) is 18.6. The molecule has 2 amide bonds. The van der Waals surface area contributed by atoms with Crippen molar-refractivity contribution in [3.63, 3.8) is 0 Å². The molecule has 136 valence electrons. The van der Waals surface area contributed by atoms with Crippen molar-refractivity contribution in [2.75, 3.05) is 19.9 Å². The van der Waals surface area contributed by atoms with Crippen molar-refractivity contribution < 1.29 is 29.0 Å². The highest BCUT2D eigenvalue weighted by molar-refractivity contribution is 5.97. The predicted molar refractivity (Wildman–Crippen MR) is 88.6 cm³/mol. The number of carboxylic acid groups (broad SMARTS) is 1. The Morgan fingerprint density at radius 1 is 1.00 bits per heavy atom. The molecule has 1 aliphatic heterocycles. The second kappa shape index (κ2) is 9.51. The number of amides is 2. The van der Waals surface area contributed by atoms with Crippen LogP contribution in [0.5, 0.6) is 11.5 Å². The number of hydrogen-bond acceptors (Lipinski definition) is 5. The highest BCUT2D eigenvalue weighted by Gasteiger charge is 2.16. The predicted octanol–water partition coefficient (Wildman–Crippen LogP) is 1.30. The number of benzene rings is 1. The molecule has 0 saturated carbocycles. The molecule has 8 nitrogen and oxygen atoms in total. The summed E-state index contributed by atoms with van der Waals surface area (Å²) in [5, 5.41) is 13.8.